The van der Waals surface area contributed by atoms with E-state index in [1.165, 1.54) is 16.0 Å². The monoisotopic (exact) mass is 277 g/mol. The highest BCUT2D eigenvalue weighted by Gasteiger charge is 2.07. The van der Waals surface area contributed by atoms with Gasteiger partial charge in [0.1, 0.15) is 0 Å². The molecule has 0 aliphatic rings. The number of halogens is 1. The number of rotatable bonds is 4. The molecule has 1 unspecified atom stereocenters. The minimum absolute atomic E-state index is 0.0297. The lowest BCUT2D eigenvalue weighted by molar-refractivity contribution is 0.721. The summed E-state index contributed by atoms with van der Waals surface area (Å²) in [5, 5.41) is 0.761. The molecule has 0 aliphatic heterocycles. The van der Waals surface area contributed by atoms with Crippen LogP contribution in [0.5, 0.6) is 0 Å². The zero-order chi connectivity index (χ0) is 13.0. The van der Waals surface area contributed by atoms with Crippen LogP contribution >= 0.6 is 23.4 Å². The lowest BCUT2D eigenvalue weighted by Gasteiger charge is -2.12. The van der Waals surface area contributed by atoms with Crippen molar-refractivity contribution in [1.82, 2.24) is 0 Å². The third kappa shape index (κ3) is 3.52. The van der Waals surface area contributed by atoms with Crippen LogP contribution in [0.3, 0.4) is 0 Å². The van der Waals surface area contributed by atoms with Gasteiger partial charge >= 0.3 is 0 Å². The van der Waals surface area contributed by atoms with Gasteiger partial charge < -0.3 is 5.73 Å². The van der Waals surface area contributed by atoms with Crippen molar-refractivity contribution >= 4 is 23.4 Å². The molecule has 0 saturated carbocycles. The summed E-state index contributed by atoms with van der Waals surface area (Å²) < 4.78 is 0. The highest BCUT2D eigenvalue weighted by molar-refractivity contribution is 7.98. The van der Waals surface area contributed by atoms with Crippen LogP contribution < -0.4 is 5.73 Å². The minimum atomic E-state index is 0.0297. The molecule has 2 aromatic carbocycles. The molecule has 0 radical (unpaired) electrons. The van der Waals surface area contributed by atoms with Gasteiger partial charge in [-0.15, -0.1) is 11.8 Å². The maximum Gasteiger partial charge on any atom is 0.0406 e. The smallest absolute Gasteiger partial charge is 0.0406 e. The van der Waals surface area contributed by atoms with Crippen LogP contribution in [0.25, 0.3) is 0 Å². The van der Waals surface area contributed by atoms with E-state index in [4.69, 9.17) is 17.3 Å². The Balaban J connectivity index is 2.06. The van der Waals surface area contributed by atoms with Gasteiger partial charge in [0.25, 0.3) is 0 Å². The van der Waals surface area contributed by atoms with E-state index in [2.05, 4.69) is 30.5 Å². The average Bonchev–Trinajstić information content (AvgIpc) is 2.41. The fourth-order valence-corrected chi connectivity index (χ4v) is 2.38. The molecular formula is C15H16ClNS. The third-order valence-electron chi connectivity index (χ3n) is 2.91. The molecule has 0 spiro atoms. The Morgan fingerprint density at radius 3 is 2.22 bits per heavy atom. The van der Waals surface area contributed by atoms with Crippen LogP contribution in [0.4, 0.5) is 0 Å². The van der Waals surface area contributed by atoms with Crippen LogP contribution in [0, 0.1) is 0 Å². The van der Waals surface area contributed by atoms with Crippen molar-refractivity contribution in [2.45, 2.75) is 17.4 Å². The van der Waals surface area contributed by atoms with Gasteiger partial charge in [0, 0.05) is 16.0 Å². The summed E-state index contributed by atoms with van der Waals surface area (Å²) in [6.07, 6.45) is 2.90. The topological polar surface area (TPSA) is 26.0 Å². The molecule has 3 heteroatoms. The average molecular weight is 278 g/mol. The second kappa shape index (κ2) is 6.28. The van der Waals surface area contributed by atoms with Crippen molar-refractivity contribution in [3.05, 3.63) is 64.7 Å². The van der Waals surface area contributed by atoms with E-state index in [-0.39, 0.29) is 6.04 Å². The zero-order valence-corrected chi connectivity index (χ0v) is 11.8. The Bertz CT molecular complexity index is 493. The molecule has 2 aromatic rings. The predicted molar refractivity (Wildman–Crippen MR) is 80.3 cm³/mol. The van der Waals surface area contributed by atoms with E-state index in [1.54, 1.807) is 11.8 Å². The molecule has 2 N–H and O–H groups in total. The Hall–Kier alpha value is -0.960. The Morgan fingerprint density at radius 2 is 1.67 bits per heavy atom. The Morgan fingerprint density at radius 1 is 1.06 bits per heavy atom. The quantitative estimate of drug-likeness (QED) is 0.843. The largest absolute Gasteiger partial charge is 0.324 e. The van der Waals surface area contributed by atoms with Gasteiger partial charge in [-0.25, -0.2) is 0 Å². The molecular weight excluding hydrogens is 262 g/mol. The SMILES string of the molecule is CSc1ccc(C(N)Cc2ccc(Cl)cc2)cc1. The molecule has 0 saturated heterocycles. The van der Waals surface area contributed by atoms with Crippen LogP contribution in [-0.4, -0.2) is 6.26 Å². The van der Waals surface area contributed by atoms with Crippen molar-refractivity contribution in [2.24, 2.45) is 5.73 Å². The van der Waals surface area contributed by atoms with Gasteiger partial charge in [-0.2, -0.15) is 0 Å². The number of hydrogen-bond donors (Lipinski definition) is 1. The maximum absolute atomic E-state index is 6.22. The summed E-state index contributed by atoms with van der Waals surface area (Å²) in [6.45, 7) is 0. The minimum Gasteiger partial charge on any atom is -0.324 e. The Labute approximate surface area is 117 Å². The first-order chi connectivity index (χ1) is 8.69. The molecule has 18 heavy (non-hydrogen) atoms. The standard InChI is InChI=1S/C15H16ClNS/c1-18-14-8-4-12(5-9-14)15(17)10-11-2-6-13(16)7-3-11/h2-9,15H,10,17H2,1H3. The van der Waals surface area contributed by atoms with Gasteiger partial charge in [-0.05, 0) is 48.1 Å². The first kappa shape index (κ1) is 13.5. The van der Waals surface area contributed by atoms with Gasteiger partial charge in [0.2, 0.25) is 0 Å². The lowest BCUT2D eigenvalue weighted by atomic mass is 10.00. The van der Waals surface area contributed by atoms with E-state index >= 15 is 0 Å². The summed E-state index contributed by atoms with van der Waals surface area (Å²) in [4.78, 5) is 1.26. The fraction of sp³-hybridized carbons (Fsp3) is 0.200. The summed E-state index contributed by atoms with van der Waals surface area (Å²) in [5.74, 6) is 0. The second-order valence-corrected chi connectivity index (χ2v) is 5.53. The molecule has 2 rings (SSSR count). The molecule has 0 heterocycles. The fourth-order valence-electron chi connectivity index (χ4n) is 1.84. The first-order valence-corrected chi connectivity index (χ1v) is 7.43. The predicted octanol–water partition coefficient (Wildman–Crippen LogP) is 4.30. The van der Waals surface area contributed by atoms with Gasteiger partial charge in [-0.3, -0.25) is 0 Å². The highest BCUT2D eigenvalue weighted by atomic mass is 35.5. The number of thioether (sulfide) groups is 1. The van der Waals surface area contributed by atoms with E-state index in [0.29, 0.717) is 0 Å². The van der Waals surface area contributed by atoms with Crippen molar-refractivity contribution in [2.75, 3.05) is 6.26 Å². The van der Waals surface area contributed by atoms with Crippen LogP contribution in [-0.2, 0) is 6.42 Å². The van der Waals surface area contributed by atoms with Crippen molar-refractivity contribution in [3.8, 4) is 0 Å². The van der Waals surface area contributed by atoms with Crippen molar-refractivity contribution in [1.29, 1.82) is 0 Å². The molecule has 94 valence electrons. The Kier molecular flexibility index (Phi) is 4.70. The summed E-state index contributed by atoms with van der Waals surface area (Å²) in [7, 11) is 0. The summed E-state index contributed by atoms with van der Waals surface area (Å²) >= 11 is 7.60. The van der Waals surface area contributed by atoms with E-state index in [9.17, 15) is 0 Å². The molecule has 1 atom stereocenters. The number of benzene rings is 2. The molecule has 0 fully saturated rings. The third-order valence-corrected chi connectivity index (χ3v) is 3.91. The summed E-state index contributed by atoms with van der Waals surface area (Å²) in [6, 6.07) is 16.3. The highest BCUT2D eigenvalue weighted by Crippen LogP contribution is 2.21. The first-order valence-electron chi connectivity index (χ1n) is 5.83. The lowest BCUT2D eigenvalue weighted by Crippen LogP contribution is -2.13. The van der Waals surface area contributed by atoms with Gasteiger partial charge in [0.05, 0.1) is 0 Å². The maximum atomic E-state index is 6.22. The molecule has 0 aliphatic carbocycles. The van der Waals surface area contributed by atoms with Crippen LogP contribution in [0.1, 0.15) is 17.2 Å². The van der Waals surface area contributed by atoms with E-state index in [1.807, 2.05) is 24.3 Å². The molecule has 1 nitrogen and oxygen atoms in total. The number of hydrogen-bond acceptors (Lipinski definition) is 2. The van der Waals surface area contributed by atoms with Crippen LogP contribution in [0.2, 0.25) is 5.02 Å². The van der Waals surface area contributed by atoms with Gasteiger partial charge in [0.15, 0.2) is 0 Å². The van der Waals surface area contributed by atoms with Crippen molar-refractivity contribution < 1.29 is 0 Å². The van der Waals surface area contributed by atoms with E-state index < -0.39 is 0 Å². The molecule has 0 bridgehead atoms. The zero-order valence-electron chi connectivity index (χ0n) is 10.3. The van der Waals surface area contributed by atoms with E-state index in [0.717, 1.165) is 11.4 Å². The normalized spacial score (nSPS) is 12.4. The van der Waals surface area contributed by atoms with Crippen molar-refractivity contribution in [3.63, 3.8) is 0 Å². The summed E-state index contributed by atoms with van der Waals surface area (Å²) in [5.41, 5.74) is 8.60. The van der Waals surface area contributed by atoms with Gasteiger partial charge in [-0.1, -0.05) is 35.9 Å². The van der Waals surface area contributed by atoms with Crippen LogP contribution in [0.15, 0.2) is 53.4 Å². The number of nitrogens with two attached hydrogens (primary N) is 1. The molecule has 0 aromatic heterocycles. The second-order valence-electron chi connectivity index (χ2n) is 4.21. The molecule has 0 amide bonds.